The van der Waals surface area contributed by atoms with Crippen LogP contribution in [-0.4, -0.2) is 40.6 Å². The van der Waals surface area contributed by atoms with Gasteiger partial charge in [0, 0.05) is 26.1 Å². The van der Waals surface area contributed by atoms with Crippen LogP contribution < -0.4 is 0 Å². The zero-order valence-electron chi connectivity index (χ0n) is 13.9. The predicted octanol–water partition coefficient (Wildman–Crippen LogP) is 2.08. The van der Waals surface area contributed by atoms with E-state index in [0.29, 0.717) is 13.1 Å². The Balaban J connectivity index is 1.43. The molecule has 2 fully saturated rings. The molecule has 0 spiro atoms. The molecule has 134 valence electrons. The van der Waals surface area contributed by atoms with Gasteiger partial charge in [-0.25, -0.2) is 12.8 Å². The van der Waals surface area contributed by atoms with Crippen molar-refractivity contribution in [1.29, 1.82) is 0 Å². The molecule has 0 amide bonds. The first kappa shape index (κ1) is 16.7. The number of hydrogen-bond donors (Lipinski definition) is 0. The lowest BCUT2D eigenvalue weighted by Gasteiger charge is -2.17. The molecule has 0 radical (unpaired) electrons. The van der Waals surface area contributed by atoms with E-state index in [4.69, 9.17) is 0 Å². The minimum atomic E-state index is -3.64. The number of rotatable bonds is 6. The van der Waals surface area contributed by atoms with Gasteiger partial charge in [0.2, 0.25) is 10.0 Å². The Morgan fingerprint density at radius 1 is 1.20 bits per heavy atom. The molecule has 1 unspecified atom stereocenters. The van der Waals surface area contributed by atoms with E-state index in [-0.39, 0.29) is 10.8 Å². The molecule has 1 saturated heterocycles. The van der Waals surface area contributed by atoms with Crippen molar-refractivity contribution >= 4 is 10.0 Å². The molecule has 2 aromatic rings. The highest BCUT2D eigenvalue weighted by Gasteiger charge is 2.33. The van der Waals surface area contributed by atoms with Crippen molar-refractivity contribution in [3.8, 4) is 0 Å². The van der Waals surface area contributed by atoms with Gasteiger partial charge in [-0.3, -0.25) is 0 Å². The van der Waals surface area contributed by atoms with Crippen LogP contribution in [0, 0.1) is 17.7 Å². The van der Waals surface area contributed by atoms with Crippen molar-refractivity contribution in [2.45, 2.75) is 37.1 Å². The Labute approximate surface area is 146 Å². The fraction of sp³-hybridized carbons (Fsp3) is 0.529. The fourth-order valence-corrected chi connectivity index (χ4v) is 4.95. The van der Waals surface area contributed by atoms with Crippen LogP contribution in [0.15, 0.2) is 35.5 Å². The quantitative estimate of drug-likeness (QED) is 0.787. The molecule has 0 bridgehead atoms. The van der Waals surface area contributed by atoms with Crippen LogP contribution in [0.1, 0.15) is 25.1 Å². The topological polar surface area (TPSA) is 68.1 Å². The Bertz CT molecular complexity index is 863. The lowest BCUT2D eigenvalue weighted by molar-refractivity contribution is 0.448. The second-order valence-electron chi connectivity index (χ2n) is 7.02. The average Bonchev–Trinajstić information content (AvgIpc) is 3.09. The van der Waals surface area contributed by atoms with Crippen molar-refractivity contribution < 1.29 is 12.8 Å². The SMILES string of the molecule is O=S(=O)(c1cccc(F)c1)N1CCC(Cc2nncn2CC2CC2)C1. The zero-order chi connectivity index (χ0) is 17.4. The molecule has 8 heteroatoms. The van der Waals surface area contributed by atoms with Crippen molar-refractivity contribution in [3.05, 3.63) is 42.2 Å². The van der Waals surface area contributed by atoms with E-state index in [0.717, 1.165) is 37.2 Å². The van der Waals surface area contributed by atoms with Gasteiger partial charge in [-0.15, -0.1) is 10.2 Å². The monoisotopic (exact) mass is 364 g/mol. The molecular weight excluding hydrogens is 343 g/mol. The molecule has 1 aromatic heterocycles. The first-order valence-corrected chi connectivity index (χ1v) is 10.1. The van der Waals surface area contributed by atoms with Gasteiger partial charge in [0.25, 0.3) is 0 Å². The Morgan fingerprint density at radius 2 is 2.04 bits per heavy atom. The van der Waals surface area contributed by atoms with Crippen LogP contribution >= 0.6 is 0 Å². The lowest BCUT2D eigenvalue weighted by atomic mass is 10.0. The van der Waals surface area contributed by atoms with E-state index in [1.165, 1.54) is 35.3 Å². The summed E-state index contributed by atoms with van der Waals surface area (Å²) < 4.78 is 42.3. The van der Waals surface area contributed by atoms with E-state index in [9.17, 15) is 12.8 Å². The summed E-state index contributed by atoms with van der Waals surface area (Å²) >= 11 is 0. The maximum Gasteiger partial charge on any atom is 0.243 e. The lowest BCUT2D eigenvalue weighted by Crippen LogP contribution is -2.29. The maximum absolute atomic E-state index is 13.4. The Kier molecular flexibility index (Phi) is 4.33. The first-order chi connectivity index (χ1) is 12.0. The molecule has 2 heterocycles. The highest BCUT2D eigenvalue weighted by Crippen LogP contribution is 2.31. The van der Waals surface area contributed by atoms with Gasteiger partial charge in [0.15, 0.2) is 0 Å². The predicted molar refractivity (Wildman–Crippen MR) is 89.7 cm³/mol. The summed E-state index contributed by atoms with van der Waals surface area (Å²) in [5, 5.41) is 8.22. The molecule has 1 atom stereocenters. The first-order valence-electron chi connectivity index (χ1n) is 8.65. The third-order valence-corrected chi connectivity index (χ3v) is 6.86. The van der Waals surface area contributed by atoms with Crippen LogP contribution in [0.3, 0.4) is 0 Å². The van der Waals surface area contributed by atoms with Gasteiger partial charge in [-0.1, -0.05) is 6.07 Å². The Morgan fingerprint density at radius 3 is 2.80 bits per heavy atom. The molecule has 1 saturated carbocycles. The second kappa shape index (κ2) is 6.49. The normalized spacial score (nSPS) is 21.7. The van der Waals surface area contributed by atoms with E-state index in [1.54, 1.807) is 6.33 Å². The van der Waals surface area contributed by atoms with E-state index < -0.39 is 15.8 Å². The highest BCUT2D eigenvalue weighted by molar-refractivity contribution is 7.89. The summed E-state index contributed by atoms with van der Waals surface area (Å²) in [6.07, 6.45) is 5.80. The van der Waals surface area contributed by atoms with Gasteiger partial charge in [-0.05, 0) is 49.3 Å². The highest BCUT2D eigenvalue weighted by atomic mass is 32.2. The van der Waals surface area contributed by atoms with Crippen LogP contribution in [0.5, 0.6) is 0 Å². The van der Waals surface area contributed by atoms with Gasteiger partial charge in [0.1, 0.15) is 18.0 Å². The molecule has 1 aromatic carbocycles. The number of halogens is 1. The van der Waals surface area contributed by atoms with Crippen molar-refractivity contribution in [1.82, 2.24) is 19.1 Å². The summed E-state index contributed by atoms with van der Waals surface area (Å²) in [5.74, 6) is 1.35. The van der Waals surface area contributed by atoms with Crippen LogP contribution in [0.25, 0.3) is 0 Å². The van der Waals surface area contributed by atoms with Crippen LogP contribution in [0.4, 0.5) is 4.39 Å². The van der Waals surface area contributed by atoms with Crippen LogP contribution in [-0.2, 0) is 23.0 Å². The third kappa shape index (κ3) is 3.59. The average molecular weight is 364 g/mol. The van der Waals surface area contributed by atoms with Gasteiger partial charge in [0.05, 0.1) is 4.90 Å². The third-order valence-electron chi connectivity index (χ3n) is 5.00. The number of aromatic nitrogens is 3. The molecule has 4 rings (SSSR count). The molecule has 0 N–H and O–H groups in total. The smallest absolute Gasteiger partial charge is 0.243 e. The summed E-state index contributed by atoms with van der Waals surface area (Å²) in [6, 6.07) is 5.20. The minimum Gasteiger partial charge on any atom is -0.317 e. The molecule has 6 nitrogen and oxygen atoms in total. The minimum absolute atomic E-state index is 0.0186. The summed E-state index contributed by atoms with van der Waals surface area (Å²) in [5.41, 5.74) is 0. The van der Waals surface area contributed by atoms with E-state index in [2.05, 4.69) is 14.8 Å². The molecule has 25 heavy (non-hydrogen) atoms. The largest absolute Gasteiger partial charge is 0.317 e. The standard InChI is InChI=1S/C17H21FN4O2S/c18-15-2-1-3-16(9-15)25(23,24)22-7-6-14(11-22)8-17-20-19-12-21(17)10-13-4-5-13/h1-3,9,12-14H,4-8,10-11H2. The molecular formula is C17H21FN4O2S. The molecule has 1 aliphatic heterocycles. The summed E-state index contributed by atoms with van der Waals surface area (Å²) in [7, 11) is -3.64. The summed E-state index contributed by atoms with van der Waals surface area (Å²) in [4.78, 5) is 0.0186. The number of nitrogens with zero attached hydrogens (tertiary/aromatic N) is 4. The fourth-order valence-electron chi connectivity index (χ4n) is 3.38. The number of hydrogen-bond acceptors (Lipinski definition) is 4. The number of benzene rings is 1. The van der Waals surface area contributed by atoms with Gasteiger partial charge < -0.3 is 4.57 Å². The van der Waals surface area contributed by atoms with Crippen molar-refractivity contribution in [2.75, 3.05) is 13.1 Å². The van der Waals surface area contributed by atoms with E-state index in [1.807, 2.05) is 0 Å². The number of sulfonamides is 1. The van der Waals surface area contributed by atoms with Crippen LogP contribution in [0.2, 0.25) is 0 Å². The van der Waals surface area contributed by atoms with Gasteiger partial charge >= 0.3 is 0 Å². The van der Waals surface area contributed by atoms with Crippen molar-refractivity contribution in [2.24, 2.45) is 11.8 Å². The second-order valence-corrected chi connectivity index (χ2v) is 8.96. The van der Waals surface area contributed by atoms with E-state index >= 15 is 0 Å². The molecule has 1 aliphatic carbocycles. The van der Waals surface area contributed by atoms with Crippen molar-refractivity contribution in [3.63, 3.8) is 0 Å². The van der Waals surface area contributed by atoms with Gasteiger partial charge in [-0.2, -0.15) is 4.31 Å². The molecule has 2 aliphatic rings. The maximum atomic E-state index is 13.4. The summed E-state index contributed by atoms with van der Waals surface area (Å²) in [6.45, 7) is 1.86. The Hall–Kier alpha value is -1.80. The zero-order valence-corrected chi connectivity index (χ0v) is 14.7.